The minimum Gasteiger partial charge on any atom is -0.457 e. The number of benzene rings is 3. The number of nitrogens with one attached hydrogen (secondary N) is 1. The first-order valence-corrected chi connectivity index (χ1v) is 12.2. The maximum Gasteiger partial charge on any atom is 0.416 e. The third-order valence-electron chi connectivity index (χ3n) is 5.59. The lowest BCUT2D eigenvalue weighted by Gasteiger charge is -2.15. The number of ether oxygens (including phenoxy) is 2. The van der Waals surface area contributed by atoms with E-state index in [2.05, 4.69) is 15.4 Å². The Balaban J connectivity index is 1.58. The Morgan fingerprint density at radius 2 is 1.72 bits per heavy atom. The SMILES string of the molecule is CC(C)OCC(O)CNc1ccc(-n2nc(OCc3ccc(F)cc3)nc2-c2cccc(C(F)(F)F)c2)cc1. The van der Waals surface area contributed by atoms with Crippen LogP contribution in [0.1, 0.15) is 25.0 Å². The lowest BCUT2D eigenvalue weighted by Crippen LogP contribution is -2.26. The van der Waals surface area contributed by atoms with Crippen LogP contribution in [-0.4, -0.2) is 45.2 Å². The molecule has 0 fully saturated rings. The number of halogens is 4. The van der Waals surface area contributed by atoms with Crippen molar-refractivity contribution >= 4 is 5.69 Å². The third-order valence-corrected chi connectivity index (χ3v) is 5.59. The Labute approximate surface area is 223 Å². The van der Waals surface area contributed by atoms with Crippen LogP contribution in [0.5, 0.6) is 6.01 Å². The fourth-order valence-electron chi connectivity index (χ4n) is 3.60. The Kier molecular flexibility index (Phi) is 8.82. The molecule has 39 heavy (non-hydrogen) atoms. The molecule has 4 aromatic rings. The number of aromatic nitrogens is 3. The van der Waals surface area contributed by atoms with Crippen molar-refractivity contribution < 1.29 is 32.1 Å². The van der Waals surface area contributed by atoms with Gasteiger partial charge in [0, 0.05) is 17.8 Å². The van der Waals surface area contributed by atoms with Crippen LogP contribution in [0.2, 0.25) is 0 Å². The molecular weight excluding hydrogens is 516 g/mol. The second kappa shape index (κ2) is 12.3. The zero-order valence-electron chi connectivity index (χ0n) is 21.3. The molecule has 0 aliphatic carbocycles. The minimum atomic E-state index is -4.53. The highest BCUT2D eigenvalue weighted by Crippen LogP contribution is 2.33. The van der Waals surface area contributed by atoms with Crippen molar-refractivity contribution in [1.82, 2.24) is 14.8 Å². The Morgan fingerprint density at radius 3 is 2.38 bits per heavy atom. The topological polar surface area (TPSA) is 81.4 Å². The van der Waals surface area contributed by atoms with Gasteiger partial charge >= 0.3 is 12.2 Å². The molecule has 2 N–H and O–H groups in total. The number of anilines is 1. The van der Waals surface area contributed by atoms with E-state index in [1.807, 2.05) is 13.8 Å². The van der Waals surface area contributed by atoms with Crippen molar-refractivity contribution in [2.45, 2.75) is 38.8 Å². The van der Waals surface area contributed by atoms with E-state index in [0.717, 1.165) is 17.8 Å². The highest BCUT2D eigenvalue weighted by atomic mass is 19.4. The lowest BCUT2D eigenvalue weighted by molar-refractivity contribution is -0.137. The molecule has 0 spiro atoms. The smallest absolute Gasteiger partial charge is 0.416 e. The molecule has 0 aliphatic heterocycles. The molecule has 1 aromatic heterocycles. The monoisotopic (exact) mass is 544 g/mol. The Morgan fingerprint density at radius 1 is 1.00 bits per heavy atom. The average molecular weight is 545 g/mol. The highest BCUT2D eigenvalue weighted by Gasteiger charge is 2.31. The van der Waals surface area contributed by atoms with Crippen molar-refractivity contribution in [3.8, 4) is 23.1 Å². The van der Waals surface area contributed by atoms with Crippen molar-refractivity contribution in [2.24, 2.45) is 0 Å². The highest BCUT2D eigenvalue weighted by molar-refractivity contribution is 5.60. The molecule has 11 heteroatoms. The molecule has 1 unspecified atom stereocenters. The second-order valence-corrected chi connectivity index (χ2v) is 9.09. The molecule has 0 bridgehead atoms. The van der Waals surface area contributed by atoms with E-state index in [9.17, 15) is 22.7 Å². The molecule has 0 aliphatic rings. The number of rotatable bonds is 11. The molecule has 1 atom stereocenters. The van der Waals surface area contributed by atoms with E-state index in [4.69, 9.17) is 9.47 Å². The predicted octanol–water partition coefficient (Wildman–Crippen LogP) is 5.87. The summed E-state index contributed by atoms with van der Waals surface area (Å²) >= 11 is 0. The number of aliphatic hydroxyl groups is 1. The first-order valence-electron chi connectivity index (χ1n) is 12.2. The first-order chi connectivity index (χ1) is 18.6. The summed E-state index contributed by atoms with van der Waals surface area (Å²) in [6, 6.07) is 17.4. The summed E-state index contributed by atoms with van der Waals surface area (Å²) < 4.78 is 65.8. The quantitative estimate of drug-likeness (QED) is 0.230. The third kappa shape index (κ3) is 7.78. The average Bonchev–Trinajstić information content (AvgIpc) is 3.35. The molecule has 0 saturated carbocycles. The van der Waals surface area contributed by atoms with Gasteiger partial charge in [-0.25, -0.2) is 9.07 Å². The summed E-state index contributed by atoms with van der Waals surface area (Å²) in [7, 11) is 0. The fourth-order valence-corrected chi connectivity index (χ4v) is 3.60. The predicted molar refractivity (Wildman–Crippen MR) is 138 cm³/mol. The standard InChI is InChI=1S/C28H28F4N4O3/c1-18(2)38-17-25(37)15-33-23-10-12-24(13-11-23)36-26(20-4-3-5-21(14-20)28(30,31)32)34-27(35-36)39-16-19-6-8-22(29)9-7-19/h3-14,18,25,33,37H,15-17H2,1-2H3. The van der Waals surface area contributed by atoms with Crippen LogP contribution >= 0.6 is 0 Å². The van der Waals surface area contributed by atoms with E-state index in [-0.39, 0.29) is 49.1 Å². The van der Waals surface area contributed by atoms with Crippen LogP contribution in [-0.2, 0) is 17.5 Å². The molecule has 0 amide bonds. The molecule has 4 rings (SSSR count). The summed E-state index contributed by atoms with van der Waals surface area (Å²) in [5.41, 5.74) is 1.30. The molecule has 7 nitrogen and oxygen atoms in total. The summed E-state index contributed by atoms with van der Waals surface area (Å²) in [6.07, 6.45) is -5.21. The van der Waals surface area contributed by atoms with Gasteiger partial charge in [0.2, 0.25) is 0 Å². The van der Waals surface area contributed by atoms with E-state index in [1.165, 1.54) is 28.9 Å². The maximum absolute atomic E-state index is 13.4. The first kappa shape index (κ1) is 28.1. The minimum absolute atomic E-state index is 0.0113. The number of hydrogen-bond acceptors (Lipinski definition) is 6. The van der Waals surface area contributed by atoms with Gasteiger partial charge in [0.25, 0.3) is 0 Å². The second-order valence-electron chi connectivity index (χ2n) is 9.09. The maximum atomic E-state index is 13.4. The summed E-state index contributed by atoms with van der Waals surface area (Å²) in [4.78, 5) is 4.35. The lowest BCUT2D eigenvalue weighted by atomic mass is 10.1. The molecular formula is C28H28F4N4O3. The van der Waals surface area contributed by atoms with Crippen LogP contribution < -0.4 is 10.1 Å². The van der Waals surface area contributed by atoms with Crippen LogP contribution in [0.4, 0.5) is 23.2 Å². The van der Waals surface area contributed by atoms with Gasteiger partial charge in [0.05, 0.1) is 30.1 Å². The normalized spacial score (nSPS) is 12.5. The molecule has 0 saturated heterocycles. The van der Waals surface area contributed by atoms with E-state index < -0.39 is 17.8 Å². The van der Waals surface area contributed by atoms with Gasteiger partial charge in [-0.1, -0.05) is 24.3 Å². The van der Waals surface area contributed by atoms with Gasteiger partial charge < -0.3 is 19.9 Å². The fraction of sp³-hybridized carbons (Fsp3) is 0.286. The van der Waals surface area contributed by atoms with Crippen molar-refractivity contribution in [2.75, 3.05) is 18.5 Å². The van der Waals surface area contributed by atoms with Gasteiger partial charge in [-0.05, 0) is 67.9 Å². The molecule has 1 heterocycles. The van der Waals surface area contributed by atoms with Gasteiger partial charge in [-0.15, -0.1) is 5.10 Å². The number of aliphatic hydroxyl groups excluding tert-OH is 1. The summed E-state index contributed by atoms with van der Waals surface area (Å²) in [5, 5.41) is 17.6. The number of nitrogens with zero attached hydrogens (tertiary/aromatic N) is 3. The van der Waals surface area contributed by atoms with E-state index in [0.29, 0.717) is 11.3 Å². The zero-order valence-corrected chi connectivity index (χ0v) is 21.3. The van der Waals surface area contributed by atoms with Crippen molar-refractivity contribution in [3.63, 3.8) is 0 Å². The van der Waals surface area contributed by atoms with Gasteiger partial charge in [0.15, 0.2) is 5.82 Å². The zero-order chi connectivity index (χ0) is 28.0. The van der Waals surface area contributed by atoms with Gasteiger partial charge in [0.1, 0.15) is 12.4 Å². The Hall–Kier alpha value is -3.96. The largest absolute Gasteiger partial charge is 0.457 e. The van der Waals surface area contributed by atoms with Crippen molar-refractivity contribution in [3.05, 3.63) is 89.7 Å². The number of hydrogen-bond donors (Lipinski definition) is 2. The Bertz CT molecular complexity index is 1360. The van der Waals surface area contributed by atoms with Gasteiger partial charge in [-0.2, -0.15) is 18.2 Å². The molecule has 3 aromatic carbocycles. The van der Waals surface area contributed by atoms with E-state index in [1.54, 1.807) is 36.4 Å². The molecule has 0 radical (unpaired) electrons. The van der Waals surface area contributed by atoms with Crippen LogP contribution in [0.3, 0.4) is 0 Å². The van der Waals surface area contributed by atoms with Crippen LogP contribution in [0.15, 0.2) is 72.8 Å². The number of alkyl halides is 3. The molecule has 206 valence electrons. The van der Waals surface area contributed by atoms with Crippen LogP contribution in [0, 0.1) is 5.82 Å². The van der Waals surface area contributed by atoms with Crippen molar-refractivity contribution in [1.29, 1.82) is 0 Å². The van der Waals surface area contributed by atoms with Gasteiger partial charge in [-0.3, -0.25) is 0 Å². The summed E-state index contributed by atoms with van der Waals surface area (Å²) in [6.45, 7) is 4.28. The van der Waals surface area contributed by atoms with Crippen LogP contribution in [0.25, 0.3) is 17.1 Å². The summed E-state index contributed by atoms with van der Waals surface area (Å²) in [5.74, 6) is -0.235. The van der Waals surface area contributed by atoms with E-state index >= 15 is 0 Å².